The average molecular weight is 744 g/mol. The van der Waals surface area contributed by atoms with E-state index in [0.29, 0.717) is 5.82 Å². The Balaban J connectivity index is 1.12. The molecule has 0 unspecified atom stereocenters. The molecule has 1 aliphatic carbocycles. The average Bonchev–Trinajstić information content (AvgIpc) is 3.52. The van der Waals surface area contributed by atoms with Crippen LogP contribution in [0.15, 0.2) is 194 Å². The van der Waals surface area contributed by atoms with Gasteiger partial charge in [-0.3, -0.25) is 4.98 Å². The van der Waals surface area contributed by atoms with E-state index in [1.165, 1.54) is 27.8 Å². The molecular weight excluding hydrogens is 703 g/mol. The van der Waals surface area contributed by atoms with Gasteiger partial charge in [-0.15, -0.1) is 0 Å². The van der Waals surface area contributed by atoms with E-state index in [0.717, 1.165) is 72.7 Å². The number of pyridine rings is 1. The van der Waals surface area contributed by atoms with Crippen molar-refractivity contribution in [2.45, 2.75) is 26.2 Å². The van der Waals surface area contributed by atoms with Gasteiger partial charge in [0.05, 0.1) is 11.4 Å². The normalized spacial score (nSPS) is 12.5. The first-order valence-electron chi connectivity index (χ1n) is 19.9. The number of hydrogen-bond donors (Lipinski definition) is 0. The Morgan fingerprint density at radius 2 is 0.828 bits per heavy atom. The zero-order chi connectivity index (χ0) is 39.2. The van der Waals surface area contributed by atoms with E-state index in [2.05, 4.69) is 195 Å². The fourth-order valence-corrected chi connectivity index (χ4v) is 8.45. The molecule has 0 saturated carbocycles. The summed E-state index contributed by atoms with van der Waals surface area (Å²) in [4.78, 5) is 15.0. The van der Waals surface area contributed by atoms with E-state index in [-0.39, 0.29) is 5.41 Å². The molecule has 3 nitrogen and oxygen atoms in total. The van der Waals surface area contributed by atoms with Gasteiger partial charge in [0.2, 0.25) is 0 Å². The molecule has 7 aromatic carbocycles. The summed E-state index contributed by atoms with van der Waals surface area (Å²) in [5, 5.41) is 0. The maximum atomic E-state index is 5.25. The van der Waals surface area contributed by atoms with Gasteiger partial charge in [-0.1, -0.05) is 159 Å². The van der Waals surface area contributed by atoms with Crippen molar-refractivity contribution in [3.8, 4) is 89.5 Å². The van der Waals surface area contributed by atoms with Gasteiger partial charge in [0, 0.05) is 39.6 Å². The van der Waals surface area contributed by atoms with Crippen molar-refractivity contribution >= 4 is 0 Å². The highest BCUT2D eigenvalue weighted by atomic mass is 14.9. The summed E-state index contributed by atoms with van der Waals surface area (Å²) >= 11 is 0. The van der Waals surface area contributed by atoms with Gasteiger partial charge in [0.25, 0.3) is 0 Å². The SMILES string of the molecule is Cc1ccc(-c2cccc(-c3ccc(-c4cc(-c5ccc6c(c5)-c5ccccc5C6(C)C)cc(-c5nc(-c6ccccc6)cc(-c6ccccc6)n5)c4)cc3)c2)cn1. The van der Waals surface area contributed by atoms with Crippen LogP contribution in [0.4, 0.5) is 0 Å². The minimum Gasteiger partial charge on any atom is -0.261 e. The molecule has 58 heavy (non-hydrogen) atoms. The molecule has 0 radical (unpaired) electrons. The zero-order valence-electron chi connectivity index (χ0n) is 32.8. The fourth-order valence-electron chi connectivity index (χ4n) is 8.45. The molecular formula is C55H41N3. The second kappa shape index (κ2) is 14.4. The Morgan fingerprint density at radius 3 is 1.48 bits per heavy atom. The van der Waals surface area contributed by atoms with Crippen LogP contribution in [0.2, 0.25) is 0 Å². The van der Waals surface area contributed by atoms with Crippen molar-refractivity contribution in [1.82, 2.24) is 15.0 Å². The smallest absolute Gasteiger partial charge is 0.160 e. The third-order valence-corrected chi connectivity index (χ3v) is 11.6. The van der Waals surface area contributed by atoms with Crippen molar-refractivity contribution in [2.75, 3.05) is 0 Å². The molecule has 10 rings (SSSR count). The van der Waals surface area contributed by atoms with E-state index >= 15 is 0 Å². The molecule has 0 spiro atoms. The monoisotopic (exact) mass is 743 g/mol. The van der Waals surface area contributed by atoms with Crippen LogP contribution in [-0.4, -0.2) is 15.0 Å². The first-order chi connectivity index (χ1) is 28.4. The van der Waals surface area contributed by atoms with Crippen LogP contribution in [0.5, 0.6) is 0 Å². The summed E-state index contributed by atoms with van der Waals surface area (Å²) < 4.78 is 0. The highest BCUT2D eigenvalue weighted by Crippen LogP contribution is 2.50. The van der Waals surface area contributed by atoms with Crippen molar-refractivity contribution in [1.29, 1.82) is 0 Å². The van der Waals surface area contributed by atoms with Crippen molar-refractivity contribution in [2.24, 2.45) is 0 Å². The molecule has 0 atom stereocenters. The lowest BCUT2D eigenvalue weighted by Gasteiger charge is -2.21. The Kier molecular flexibility index (Phi) is 8.72. The number of aromatic nitrogens is 3. The number of nitrogens with zero attached hydrogens (tertiary/aromatic N) is 3. The van der Waals surface area contributed by atoms with Crippen LogP contribution >= 0.6 is 0 Å². The van der Waals surface area contributed by atoms with E-state index in [1.54, 1.807) is 0 Å². The van der Waals surface area contributed by atoms with Crippen LogP contribution in [0.1, 0.15) is 30.7 Å². The first-order valence-corrected chi connectivity index (χ1v) is 19.9. The topological polar surface area (TPSA) is 38.7 Å². The summed E-state index contributed by atoms with van der Waals surface area (Å²) in [6.45, 7) is 6.68. The van der Waals surface area contributed by atoms with Crippen molar-refractivity contribution in [3.05, 3.63) is 211 Å². The summed E-state index contributed by atoms with van der Waals surface area (Å²) in [5.74, 6) is 0.690. The van der Waals surface area contributed by atoms with Gasteiger partial charge in [0.15, 0.2) is 5.82 Å². The van der Waals surface area contributed by atoms with E-state index < -0.39 is 0 Å². The van der Waals surface area contributed by atoms with Crippen molar-refractivity contribution < 1.29 is 0 Å². The lowest BCUT2D eigenvalue weighted by atomic mass is 9.82. The quantitative estimate of drug-likeness (QED) is 0.163. The lowest BCUT2D eigenvalue weighted by molar-refractivity contribution is 0.660. The molecule has 0 N–H and O–H groups in total. The van der Waals surface area contributed by atoms with Gasteiger partial charge >= 0.3 is 0 Å². The molecule has 2 heterocycles. The number of fused-ring (bicyclic) bond motifs is 3. The highest BCUT2D eigenvalue weighted by molar-refractivity contribution is 5.87. The Hall–Kier alpha value is -7.23. The lowest BCUT2D eigenvalue weighted by Crippen LogP contribution is -2.14. The highest BCUT2D eigenvalue weighted by Gasteiger charge is 2.35. The summed E-state index contributed by atoms with van der Waals surface area (Å²) in [6, 6.07) is 67.3. The predicted molar refractivity (Wildman–Crippen MR) is 240 cm³/mol. The van der Waals surface area contributed by atoms with Crippen LogP contribution in [0.25, 0.3) is 89.5 Å². The van der Waals surface area contributed by atoms with E-state index in [9.17, 15) is 0 Å². The molecule has 2 aromatic heterocycles. The molecule has 0 fully saturated rings. The Morgan fingerprint density at radius 1 is 0.345 bits per heavy atom. The third kappa shape index (κ3) is 6.51. The van der Waals surface area contributed by atoms with Gasteiger partial charge in [-0.25, -0.2) is 9.97 Å². The van der Waals surface area contributed by atoms with Crippen LogP contribution in [0.3, 0.4) is 0 Å². The molecule has 0 bridgehead atoms. The first kappa shape index (κ1) is 35.2. The molecule has 9 aromatic rings. The van der Waals surface area contributed by atoms with E-state index in [1.807, 2.05) is 25.3 Å². The summed E-state index contributed by atoms with van der Waals surface area (Å²) in [7, 11) is 0. The number of rotatable bonds is 7. The molecule has 0 amide bonds. The Bertz CT molecular complexity index is 2890. The van der Waals surface area contributed by atoms with E-state index in [4.69, 9.17) is 9.97 Å². The largest absolute Gasteiger partial charge is 0.261 e. The Labute approximate surface area is 340 Å². The number of benzene rings is 7. The van der Waals surface area contributed by atoms with Gasteiger partial charge in [0.1, 0.15) is 0 Å². The maximum absolute atomic E-state index is 5.25. The molecule has 0 aliphatic heterocycles. The van der Waals surface area contributed by atoms with Crippen LogP contribution in [-0.2, 0) is 5.41 Å². The third-order valence-electron chi connectivity index (χ3n) is 11.6. The van der Waals surface area contributed by atoms with Gasteiger partial charge < -0.3 is 0 Å². The van der Waals surface area contributed by atoms with Gasteiger partial charge in [-0.05, 0) is 111 Å². The standard InChI is InChI=1S/C55H41N3/c1-36-21-22-44(35-56-36)42-18-12-17-41(29-42)37-23-25-38(26-24-37)45-30-46(43-27-28-51-49(33-43)48-19-10-11-20-50(48)55(51,2)3)32-47(31-45)54-57-52(39-13-6-4-7-14-39)34-53(58-54)40-15-8-5-9-16-40/h4-35H,1-3H3. The minimum absolute atomic E-state index is 0.0602. The zero-order valence-corrected chi connectivity index (χ0v) is 32.8. The molecule has 1 aliphatic rings. The number of aryl methyl sites for hydroxylation is 1. The summed E-state index contributed by atoms with van der Waals surface area (Å²) in [5.41, 5.74) is 20.3. The summed E-state index contributed by atoms with van der Waals surface area (Å²) in [6.07, 6.45) is 1.95. The second-order valence-corrected chi connectivity index (χ2v) is 15.8. The maximum Gasteiger partial charge on any atom is 0.160 e. The van der Waals surface area contributed by atoms with Crippen LogP contribution < -0.4 is 0 Å². The minimum atomic E-state index is -0.0602. The van der Waals surface area contributed by atoms with Crippen LogP contribution in [0, 0.1) is 6.92 Å². The molecule has 0 saturated heterocycles. The fraction of sp³-hybridized carbons (Fsp3) is 0.0727. The van der Waals surface area contributed by atoms with Gasteiger partial charge in [-0.2, -0.15) is 0 Å². The predicted octanol–water partition coefficient (Wildman–Crippen LogP) is 14.2. The second-order valence-electron chi connectivity index (χ2n) is 15.8. The number of hydrogen-bond acceptors (Lipinski definition) is 3. The molecule has 3 heteroatoms. The van der Waals surface area contributed by atoms with Crippen molar-refractivity contribution in [3.63, 3.8) is 0 Å². The molecule has 276 valence electrons.